The van der Waals surface area contributed by atoms with Gasteiger partial charge in [0.1, 0.15) is 5.56 Å². The molecular weight excluding hydrogens is 252 g/mol. The number of pyridine rings is 1. The summed E-state index contributed by atoms with van der Waals surface area (Å²) in [6.45, 7) is 1.76. The molecule has 2 aromatic heterocycles. The first-order chi connectivity index (χ1) is 8.63. The van der Waals surface area contributed by atoms with Gasteiger partial charge in [0.25, 0.3) is 16.3 Å². The number of aromatic nitrogens is 3. The zero-order chi connectivity index (χ0) is 12.7. The highest BCUT2D eigenvalue weighted by molar-refractivity contribution is 7.71. The topological polar surface area (TPSA) is 77.9 Å². The predicted molar refractivity (Wildman–Crippen MR) is 67.8 cm³/mol. The molecule has 7 heteroatoms. The van der Waals surface area contributed by atoms with Crippen molar-refractivity contribution in [1.82, 2.24) is 20.1 Å². The summed E-state index contributed by atoms with van der Waals surface area (Å²) in [5, 5.41) is 6.40. The zero-order valence-corrected chi connectivity index (χ0v) is 10.6. The van der Waals surface area contributed by atoms with Crippen LogP contribution in [0.5, 0.6) is 0 Å². The molecule has 1 aliphatic rings. The van der Waals surface area contributed by atoms with Gasteiger partial charge in [-0.15, -0.1) is 5.10 Å². The van der Waals surface area contributed by atoms with Gasteiger partial charge in [0, 0.05) is 25.2 Å². The Kier molecular flexibility index (Phi) is 2.64. The first-order valence-electron chi connectivity index (χ1n) is 5.63. The molecule has 2 aromatic rings. The van der Waals surface area contributed by atoms with Gasteiger partial charge in [-0.3, -0.25) is 4.79 Å². The molecular formula is C11H12N4O2S. The van der Waals surface area contributed by atoms with Crippen molar-refractivity contribution >= 4 is 12.2 Å². The van der Waals surface area contributed by atoms with Gasteiger partial charge < -0.3 is 14.3 Å². The minimum absolute atomic E-state index is 0.166. The molecule has 0 aromatic carbocycles. The molecule has 0 saturated carbocycles. The molecule has 0 radical (unpaired) electrons. The molecule has 3 heterocycles. The van der Waals surface area contributed by atoms with Crippen LogP contribution < -0.4 is 5.56 Å². The number of aromatic amines is 2. The second-order valence-corrected chi connectivity index (χ2v) is 4.79. The summed E-state index contributed by atoms with van der Waals surface area (Å²) >= 11 is 4.81. The molecule has 2 N–H and O–H groups in total. The highest BCUT2D eigenvalue weighted by Gasteiger charge is 2.18. The normalized spacial score (nSPS) is 15.6. The Hall–Kier alpha value is -1.73. The molecule has 0 amide bonds. The highest BCUT2D eigenvalue weighted by Crippen LogP contribution is 2.19. The smallest absolute Gasteiger partial charge is 0.284 e. The minimum atomic E-state index is -0.191. The van der Waals surface area contributed by atoms with Gasteiger partial charge in [0.05, 0.1) is 0 Å². The Morgan fingerprint density at radius 1 is 1.56 bits per heavy atom. The maximum Gasteiger partial charge on any atom is 0.284 e. The van der Waals surface area contributed by atoms with Crippen molar-refractivity contribution in [1.29, 1.82) is 0 Å². The second-order valence-electron chi connectivity index (χ2n) is 4.42. The van der Waals surface area contributed by atoms with Crippen molar-refractivity contribution in [3.63, 3.8) is 0 Å². The Bertz CT molecular complexity index is 700. The van der Waals surface area contributed by atoms with E-state index in [1.807, 2.05) is 13.1 Å². The summed E-state index contributed by atoms with van der Waals surface area (Å²) in [6.07, 6.45) is 0.853. The van der Waals surface area contributed by atoms with Crippen molar-refractivity contribution in [3.8, 4) is 11.5 Å². The number of hydrogen-bond donors (Lipinski definition) is 2. The number of hydrogen-bond acceptors (Lipinski definition) is 5. The predicted octanol–water partition coefficient (Wildman–Crippen LogP) is 1.08. The molecule has 94 valence electrons. The number of rotatable bonds is 1. The first kappa shape index (κ1) is 11.4. The van der Waals surface area contributed by atoms with Crippen molar-refractivity contribution < 1.29 is 4.42 Å². The van der Waals surface area contributed by atoms with Gasteiger partial charge >= 0.3 is 0 Å². The van der Waals surface area contributed by atoms with Crippen LogP contribution in [-0.2, 0) is 13.0 Å². The molecule has 0 unspecified atom stereocenters. The van der Waals surface area contributed by atoms with E-state index in [2.05, 4.69) is 20.1 Å². The van der Waals surface area contributed by atoms with Crippen LogP contribution in [0.25, 0.3) is 11.5 Å². The molecule has 1 aliphatic heterocycles. The van der Waals surface area contributed by atoms with Crippen LogP contribution in [0, 0.1) is 4.84 Å². The van der Waals surface area contributed by atoms with Crippen LogP contribution in [-0.4, -0.2) is 33.7 Å². The zero-order valence-electron chi connectivity index (χ0n) is 9.82. The number of nitrogens with one attached hydrogen (secondary N) is 2. The fourth-order valence-electron chi connectivity index (χ4n) is 2.15. The van der Waals surface area contributed by atoms with E-state index < -0.39 is 0 Å². The van der Waals surface area contributed by atoms with Crippen molar-refractivity contribution in [2.45, 2.75) is 13.0 Å². The largest absolute Gasteiger partial charge is 0.409 e. The molecule has 0 atom stereocenters. The average molecular weight is 264 g/mol. The standard InChI is InChI=1S/C11H12N4O2S/c1-15-3-2-8-6(5-15)4-7(9(16)12-8)10-13-14-11(18)17-10/h4H,2-3,5H2,1H3,(H,12,16)(H,14,18). The lowest BCUT2D eigenvalue weighted by Crippen LogP contribution is -2.29. The molecule has 6 nitrogen and oxygen atoms in total. The monoisotopic (exact) mass is 264 g/mol. The first-order valence-corrected chi connectivity index (χ1v) is 6.04. The molecule has 18 heavy (non-hydrogen) atoms. The van der Waals surface area contributed by atoms with Gasteiger partial charge in [-0.25, -0.2) is 5.10 Å². The number of fused-ring (bicyclic) bond motifs is 1. The Morgan fingerprint density at radius 3 is 3.11 bits per heavy atom. The second kappa shape index (κ2) is 4.18. The summed E-state index contributed by atoms with van der Waals surface area (Å²) in [6, 6.07) is 1.83. The van der Waals surface area contributed by atoms with E-state index >= 15 is 0 Å². The van der Waals surface area contributed by atoms with E-state index in [9.17, 15) is 4.79 Å². The quantitative estimate of drug-likeness (QED) is 0.753. The third-order valence-electron chi connectivity index (χ3n) is 3.07. The fraction of sp³-hybridized carbons (Fsp3) is 0.364. The van der Waals surface area contributed by atoms with Crippen molar-refractivity contribution in [2.24, 2.45) is 0 Å². The SMILES string of the molecule is CN1CCc2[nH]c(=O)c(-c3n[nH]c(=S)o3)cc2C1. The molecule has 0 spiro atoms. The lowest BCUT2D eigenvalue weighted by atomic mass is 10.0. The van der Waals surface area contributed by atoms with Crippen LogP contribution in [0.3, 0.4) is 0 Å². The number of likely N-dealkylation sites (N-methyl/N-ethyl adjacent to an activating group) is 1. The third kappa shape index (κ3) is 1.91. The summed E-state index contributed by atoms with van der Waals surface area (Å²) in [7, 11) is 2.05. The lowest BCUT2D eigenvalue weighted by Gasteiger charge is -2.24. The van der Waals surface area contributed by atoms with E-state index in [0.717, 1.165) is 30.8 Å². The highest BCUT2D eigenvalue weighted by atomic mass is 32.1. The Labute approximate surface area is 108 Å². The van der Waals surface area contributed by atoms with E-state index in [-0.39, 0.29) is 16.3 Å². The van der Waals surface area contributed by atoms with Crippen LogP contribution in [0.4, 0.5) is 0 Å². The van der Waals surface area contributed by atoms with Gasteiger partial charge in [-0.2, -0.15) is 0 Å². The number of nitrogens with zero attached hydrogens (tertiary/aromatic N) is 2. The van der Waals surface area contributed by atoms with E-state index in [1.54, 1.807) is 0 Å². The Balaban J connectivity index is 2.14. The number of H-pyrrole nitrogens is 2. The van der Waals surface area contributed by atoms with Crippen LogP contribution >= 0.6 is 12.2 Å². The van der Waals surface area contributed by atoms with Crippen molar-refractivity contribution in [3.05, 3.63) is 32.5 Å². The van der Waals surface area contributed by atoms with Crippen LogP contribution in [0.2, 0.25) is 0 Å². The molecule has 0 aliphatic carbocycles. The van der Waals surface area contributed by atoms with Gasteiger partial charge in [0.2, 0.25) is 0 Å². The maximum absolute atomic E-state index is 12.0. The third-order valence-corrected chi connectivity index (χ3v) is 3.24. The molecule has 0 bridgehead atoms. The van der Waals surface area contributed by atoms with E-state index in [1.165, 1.54) is 0 Å². The summed E-state index contributed by atoms with van der Waals surface area (Å²) in [5.41, 5.74) is 2.32. The van der Waals surface area contributed by atoms with E-state index in [0.29, 0.717) is 5.56 Å². The fourth-order valence-corrected chi connectivity index (χ4v) is 2.28. The van der Waals surface area contributed by atoms with E-state index in [4.69, 9.17) is 16.6 Å². The summed E-state index contributed by atoms with van der Waals surface area (Å²) in [5.74, 6) is 0.234. The lowest BCUT2D eigenvalue weighted by molar-refractivity contribution is 0.309. The Morgan fingerprint density at radius 2 is 2.39 bits per heavy atom. The minimum Gasteiger partial charge on any atom is -0.409 e. The summed E-state index contributed by atoms with van der Waals surface area (Å²) < 4.78 is 5.18. The van der Waals surface area contributed by atoms with Gasteiger partial charge in [-0.1, -0.05) is 0 Å². The maximum atomic E-state index is 12.0. The van der Waals surface area contributed by atoms with Gasteiger partial charge in [-0.05, 0) is 30.9 Å². The summed E-state index contributed by atoms with van der Waals surface area (Å²) in [4.78, 5) is 17.2. The van der Waals surface area contributed by atoms with Crippen LogP contribution in [0.1, 0.15) is 11.3 Å². The average Bonchev–Trinajstić information content (AvgIpc) is 2.75. The van der Waals surface area contributed by atoms with Gasteiger partial charge in [0.15, 0.2) is 0 Å². The molecule has 0 saturated heterocycles. The molecule has 0 fully saturated rings. The molecule has 3 rings (SSSR count). The van der Waals surface area contributed by atoms with Crippen molar-refractivity contribution in [2.75, 3.05) is 13.6 Å². The van der Waals surface area contributed by atoms with Crippen LogP contribution in [0.15, 0.2) is 15.3 Å².